The first-order valence-electron chi connectivity index (χ1n) is 12.0. The third-order valence-corrected chi connectivity index (χ3v) is 7.34. The van der Waals surface area contributed by atoms with E-state index in [9.17, 15) is 18.4 Å². The summed E-state index contributed by atoms with van der Waals surface area (Å²) in [6.45, 7) is 2.44. The van der Waals surface area contributed by atoms with Crippen LogP contribution < -0.4 is 5.32 Å². The van der Waals surface area contributed by atoms with Gasteiger partial charge in [-0.15, -0.1) is 0 Å². The van der Waals surface area contributed by atoms with Crippen LogP contribution in [0.3, 0.4) is 0 Å². The van der Waals surface area contributed by atoms with Crippen LogP contribution in [0.1, 0.15) is 52.9 Å². The second kappa shape index (κ2) is 9.78. The monoisotopic (exact) mass is 491 g/mol. The molecule has 1 aromatic heterocycles. The van der Waals surface area contributed by atoms with Crippen molar-refractivity contribution in [2.45, 2.75) is 43.9 Å². The molecule has 6 nitrogen and oxygen atoms in total. The number of likely N-dealkylation sites (tertiary alicyclic amines) is 1. The number of carbonyl (C=O) groups is 2. The summed E-state index contributed by atoms with van der Waals surface area (Å²) in [6, 6.07) is 14.8. The minimum atomic E-state index is -0.865. The van der Waals surface area contributed by atoms with E-state index in [0.717, 1.165) is 28.8 Å². The zero-order valence-electron chi connectivity index (χ0n) is 19.9. The van der Waals surface area contributed by atoms with E-state index in [2.05, 4.69) is 10.3 Å². The van der Waals surface area contributed by atoms with E-state index in [1.807, 2.05) is 36.4 Å². The number of pyridine rings is 1. The summed E-state index contributed by atoms with van der Waals surface area (Å²) in [5.41, 5.74) is 2.03. The molecule has 0 radical (unpaired) electrons. The Morgan fingerprint density at radius 1 is 1.03 bits per heavy atom. The first-order chi connectivity index (χ1) is 17.4. The molecule has 1 fully saturated rings. The molecule has 2 aliphatic rings. The molecule has 2 aromatic carbocycles. The summed E-state index contributed by atoms with van der Waals surface area (Å²) in [6.07, 6.45) is 4.09. The quantitative estimate of drug-likeness (QED) is 0.578. The van der Waals surface area contributed by atoms with Gasteiger partial charge >= 0.3 is 0 Å². The normalized spacial score (nSPS) is 20.2. The van der Waals surface area contributed by atoms with Gasteiger partial charge in [-0.1, -0.05) is 30.3 Å². The van der Waals surface area contributed by atoms with Crippen LogP contribution in [0.25, 0.3) is 0 Å². The van der Waals surface area contributed by atoms with Crippen molar-refractivity contribution in [2.75, 3.05) is 13.1 Å². The molecule has 0 unspecified atom stereocenters. The van der Waals surface area contributed by atoms with Gasteiger partial charge in [-0.05, 0) is 53.8 Å². The summed E-state index contributed by atoms with van der Waals surface area (Å²) >= 11 is 0. The maximum Gasteiger partial charge on any atom is 0.259 e. The van der Waals surface area contributed by atoms with E-state index in [-0.39, 0.29) is 18.1 Å². The predicted octanol–water partition coefficient (Wildman–Crippen LogP) is 4.31. The molecule has 5 rings (SSSR count). The van der Waals surface area contributed by atoms with Gasteiger partial charge in [0.1, 0.15) is 17.2 Å². The van der Waals surface area contributed by atoms with Gasteiger partial charge in [0.15, 0.2) is 0 Å². The van der Waals surface area contributed by atoms with Crippen molar-refractivity contribution in [3.63, 3.8) is 0 Å². The van der Waals surface area contributed by atoms with Gasteiger partial charge in [0.2, 0.25) is 5.91 Å². The number of ether oxygens (including phenoxy) is 1. The number of aromatic nitrogens is 1. The number of fused-ring (bicyclic) bond motifs is 2. The van der Waals surface area contributed by atoms with Crippen LogP contribution in [-0.4, -0.2) is 40.9 Å². The zero-order valence-corrected chi connectivity index (χ0v) is 19.9. The van der Waals surface area contributed by atoms with Gasteiger partial charge in [-0.25, -0.2) is 8.78 Å². The van der Waals surface area contributed by atoms with Crippen molar-refractivity contribution < 1.29 is 23.1 Å². The van der Waals surface area contributed by atoms with Gasteiger partial charge in [0.25, 0.3) is 5.91 Å². The van der Waals surface area contributed by atoms with E-state index in [1.165, 1.54) is 17.9 Å². The highest BCUT2D eigenvalue weighted by molar-refractivity contribution is 5.94. The summed E-state index contributed by atoms with van der Waals surface area (Å²) in [5.74, 6) is -2.54. The molecule has 0 saturated carbocycles. The number of benzene rings is 2. The lowest BCUT2D eigenvalue weighted by atomic mass is 9.71. The van der Waals surface area contributed by atoms with Crippen molar-refractivity contribution in [2.24, 2.45) is 0 Å². The van der Waals surface area contributed by atoms with Gasteiger partial charge < -0.3 is 15.0 Å². The summed E-state index contributed by atoms with van der Waals surface area (Å²) in [5, 5.41) is 3.07. The van der Waals surface area contributed by atoms with Crippen LogP contribution in [0.5, 0.6) is 0 Å². The second-order valence-electron chi connectivity index (χ2n) is 9.40. The SMILES string of the molecule is CC(=O)N[C@@H]1c2ccccc2C2(CCN(C(=O)c3c(F)cccc3F)CC2)[C@H]1OCc1ccncc1. The highest BCUT2D eigenvalue weighted by atomic mass is 19.1. The first-order valence-corrected chi connectivity index (χ1v) is 12.0. The first kappa shape index (κ1) is 24.1. The molecule has 3 aromatic rings. The highest BCUT2D eigenvalue weighted by Gasteiger charge is 2.54. The number of nitrogens with one attached hydrogen (secondary N) is 1. The smallest absolute Gasteiger partial charge is 0.259 e. The number of nitrogens with zero attached hydrogens (tertiary/aromatic N) is 2. The molecule has 2 amide bonds. The van der Waals surface area contributed by atoms with Crippen LogP contribution >= 0.6 is 0 Å². The van der Waals surface area contributed by atoms with Crippen LogP contribution in [-0.2, 0) is 21.6 Å². The largest absolute Gasteiger partial charge is 0.370 e. The second-order valence-corrected chi connectivity index (χ2v) is 9.40. The Balaban J connectivity index is 1.45. The Labute approximate surface area is 208 Å². The van der Waals surface area contributed by atoms with Crippen LogP contribution in [0.4, 0.5) is 8.78 Å². The zero-order chi connectivity index (χ0) is 25.3. The molecule has 36 heavy (non-hydrogen) atoms. The van der Waals surface area contributed by atoms with Crippen LogP contribution in [0.15, 0.2) is 67.0 Å². The number of halogens is 2. The van der Waals surface area contributed by atoms with Crippen molar-refractivity contribution in [3.8, 4) is 0 Å². The highest BCUT2D eigenvalue weighted by Crippen LogP contribution is 2.52. The third-order valence-electron chi connectivity index (χ3n) is 7.34. The Morgan fingerprint density at radius 2 is 1.69 bits per heavy atom. The predicted molar refractivity (Wildman–Crippen MR) is 129 cm³/mol. The van der Waals surface area contributed by atoms with E-state index in [0.29, 0.717) is 32.5 Å². The van der Waals surface area contributed by atoms with Crippen LogP contribution in [0.2, 0.25) is 0 Å². The molecule has 1 aliphatic heterocycles. The third kappa shape index (κ3) is 4.26. The Bertz CT molecular complexity index is 1260. The fourth-order valence-electron chi connectivity index (χ4n) is 5.67. The fraction of sp³-hybridized carbons (Fsp3) is 0.321. The lowest BCUT2D eigenvalue weighted by Crippen LogP contribution is -2.52. The number of piperidine rings is 1. The molecule has 186 valence electrons. The van der Waals surface area contributed by atoms with E-state index in [1.54, 1.807) is 12.4 Å². The summed E-state index contributed by atoms with van der Waals surface area (Å²) in [7, 11) is 0. The van der Waals surface area contributed by atoms with Gasteiger partial charge in [0, 0.05) is 37.8 Å². The van der Waals surface area contributed by atoms with Crippen LogP contribution in [0, 0.1) is 11.6 Å². The van der Waals surface area contributed by atoms with Gasteiger partial charge in [0.05, 0.1) is 18.8 Å². The molecule has 1 N–H and O–H groups in total. The van der Waals surface area contributed by atoms with E-state index < -0.39 is 28.5 Å². The lowest BCUT2D eigenvalue weighted by molar-refractivity contribution is -0.122. The van der Waals surface area contributed by atoms with Gasteiger partial charge in [-0.3, -0.25) is 14.6 Å². The topological polar surface area (TPSA) is 71.5 Å². The molecule has 8 heteroatoms. The average Bonchev–Trinajstić information content (AvgIpc) is 3.11. The van der Waals surface area contributed by atoms with Crippen molar-refractivity contribution in [1.82, 2.24) is 15.2 Å². The number of hydrogen-bond acceptors (Lipinski definition) is 4. The Morgan fingerprint density at radius 3 is 2.36 bits per heavy atom. The molecule has 2 atom stereocenters. The molecule has 0 bridgehead atoms. The molecule has 1 saturated heterocycles. The molecule has 1 spiro atoms. The number of amides is 2. The minimum Gasteiger partial charge on any atom is -0.370 e. The molecule has 2 heterocycles. The Hall–Kier alpha value is -3.65. The lowest BCUT2D eigenvalue weighted by Gasteiger charge is -2.44. The van der Waals surface area contributed by atoms with Crippen molar-refractivity contribution in [3.05, 3.63) is 101 Å². The fourth-order valence-corrected chi connectivity index (χ4v) is 5.67. The van der Waals surface area contributed by atoms with E-state index in [4.69, 9.17) is 4.74 Å². The number of hydrogen-bond donors (Lipinski definition) is 1. The number of rotatable bonds is 5. The standard InChI is InChI=1S/C28H27F2N3O3/c1-18(34)32-25-20-5-2-3-6-21(20)28(26(25)36-17-19-9-13-31-14-10-19)11-15-33(16-12-28)27(35)24-22(29)7-4-8-23(24)30/h2-10,13-14,25-26H,11-12,15-17H2,1H3,(H,32,34)/t25-,26+/m1/s1. The molecular weight excluding hydrogens is 464 g/mol. The molecular formula is C28H27F2N3O3. The minimum absolute atomic E-state index is 0.160. The number of carbonyl (C=O) groups excluding carboxylic acids is 2. The average molecular weight is 492 g/mol. The Kier molecular flexibility index (Phi) is 6.53. The summed E-state index contributed by atoms with van der Waals surface area (Å²) < 4.78 is 35.1. The molecule has 1 aliphatic carbocycles. The van der Waals surface area contributed by atoms with E-state index >= 15 is 0 Å². The summed E-state index contributed by atoms with van der Waals surface area (Å²) in [4.78, 5) is 30.8. The van der Waals surface area contributed by atoms with Gasteiger partial charge in [-0.2, -0.15) is 0 Å². The maximum absolute atomic E-state index is 14.3. The maximum atomic E-state index is 14.3. The van der Waals surface area contributed by atoms with Crippen molar-refractivity contribution in [1.29, 1.82) is 0 Å². The van der Waals surface area contributed by atoms with Crippen molar-refractivity contribution >= 4 is 11.8 Å².